The molecular formula is C9H11BO3. The minimum atomic E-state index is -0.213. The van der Waals surface area contributed by atoms with E-state index in [2.05, 4.69) is 0 Å². The van der Waals surface area contributed by atoms with Crippen molar-refractivity contribution in [3.05, 3.63) is 24.3 Å². The van der Waals surface area contributed by atoms with Crippen LogP contribution in [-0.4, -0.2) is 27.4 Å². The summed E-state index contributed by atoms with van der Waals surface area (Å²) in [5.74, 6) is 0.830. The fourth-order valence-corrected chi connectivity index (χ4v) is 1.34. The number of ether oxygens (including phenoxy) is 1. The van der Waals surface area contributed by atoms with Crippen LogP contribution in [0.3, 0.4) is 0 Å². The topological polar surface area (TPSA) is 27.7 Å². The van der Waals surface area contributed by atoms with E-state index >= 15 is 0 Å². The number of rotatable bonds is 2. The predicted octanol–water partition coefficient (Wildman–Crippen LogP) is 0.437. The first-order valence-corrected chi connectivity index (χ1v) is 4.27. The summed E-state index contributed by atoms with van der Waals surface area (Å²) >= 11 is 0. The highest BCUT2D eigenvalue weighted by atomic mass is 16.6. The summed E-state index contributed by atoms with van der Waals surface area (Å²) in [4.78, 5) is 0. The lowest BCUT2D eigenvalue weighted by Crippen LogP contribution is -2.31. The summed E-state index contributed by atoms with van der Waals surface area (Å²) in [5, 5.41) is 0. The first-order chi connectivity index (χ1) is 6.40. The first-order valence-electron chi connectivity index (χ1n) is 4.27. The zero-order chi connectivity index (χ0) is 9.10. The van der Waals surface area contributed by atoms with Gasteiger partial charge in [-0.25, -0.2) is 0 Å². The minimum Gasteiger partial charge on any atom is -0.497 e. The van der Waals surface area contributed by atoms with Gasteiger partial charge in [-0.15, -0.1) is 0 Å². The second-order valence-corrected chi connectivity index (χ2v) is 2.85. The zero-order valence-corrected chi connectivity index (χ0v) is 7.53. The van der Waals surface area contributed by atoms with Gasteiger partial charge in [0.25, 0.3) is 0 Å². The highest BCUT2D eigenvalue weighted by Crippen LogP contribution is 2.08. The van der Waals surface area contributed by atoms with Crippen LogP contribution < -0.4 is 10.2 Å². The van der Waals surface area contributed by atoms with Gasteiger partial charge in [-0.05, 0) is 17.6 Å². The van der Waals surface area contributed by atoms with Crippen LogP contribution in [0.5, 0.6) is 5.75 Å². The zero-order valence-electron chi connectivity index (χ0n) is 7.53. The van der Waals surface area contributed by atoms with Crippen molar-refractivity contribution in [1.29, 1.82) is 0 Å². The predicted molar refractivity (Wildman–Crippen MR) is 50.3 cm³/mol. The van der Waals surface area contributed by atoms with Gasteiger partial charge >= 0.3 is 7.12 Å². The third-order valence-corrected chi connectivity index (χ3v) is 1.99. The Morgan fingerprint density at radius 2 is 2.08 bits per heavy atom. The van der Waals surface area contributed by atoms with Crippen molar-refractivity contribution < 1.29 is 14.0 Å². The molecule has 0 bridgehead atoms. The lowest BCUT2D eigenvalue weighted by molar-refractivity contribution is 0.365. The van der Waals surface area contributed by atoms with E-state index in [4.69, 9.17) is 14.0 Å². The third kappa shape index (κ3) is 1.84. The van der Waals surface area contributed by atoms with Crippen molar-refractivity contribution in [3.63, 3.8) is 0 Å². The van der Waals surface area contributed by atoms with Crippen molar-refractivity contribution in [1.82, 2.24) is 0 Å². The Balaban J connectivity index is 2.18. The Bertz CT molecular complexity index is 284. The molecule has 13 heavy (non-hydrogen) atoms. The molecule has 1 aromatic carbocycles. The van der Waals surface area contributed by atoms with E-state index in [1.165, 1.54) is 0 Å². The van der Waals surface area contributed by atoms with Crippen molar-refractivity contribution >= 4 is 12.6 Å². The molecule has 0 radical (unpaired) electrons. The standard InChI is InChI=1S/C9H11BO3/c1-11-9-4-2-3-8(7-9)10-12-5-6-13-10/h2-4,7H,5-6H2,1H3. The van der Waals surface area contributed by atoms with Gasteiger partial charge in [0, 0.05) is 0 Å². The molecular weight excluding hydrogens is 167 g/mol. The average Bonchev–Trinajstić information content (AvgIpc) is 2.71. The summed E-state index contributed by atoms with van der Waals surface area (Å²) in [6, 6.07) is 7.73. The average molecular weight is 178 g/mol. The highest BCUT2D eigenvalue weighted by Gasteiger charge is 2.26. The Morgan fingerprint density at radius 1 is 1.31 bits per heavy atom. The van der Waals surface area contributed by atoms with Gasteiger partial charge in [0.1, 0.15) is 5.75 Å². The second-order valence-electron chi connectivity index (χ2n) is 2.85. The molecule has 1 aliphatic heterocycles. The van der Waals surface area contributed by atoms with Gasteiger partial charge < -0.3 is 14.0 Å². The fraction of sp³-hybridized carbons (Fsp3) is 0.333. The molecule has 0 N–H and O–H groups in total. The molecule has 68 valence electrons. The summed E-state index contributed by atoms with van der Waals surface area (Å²) in [7, 11) is 1.44. The van der Waals surface area contributed by atoms with Crippen LogP contribution in [0.4, 0.5) is 0 Å². The molecule has 0 spiro atoms. The van der Waals surface area contributed by atoms with Gasteiger partial charge in [-0.2, -0.15) is 0 Å². The normalized spacial score (nSPS) is 16.2. The van der Waals surface area contributed by atoms with Crippen molar-refractivity contribution in [2.45, 2.75) is 0 Å². The fourth-order valence-electron chi connectivity index (χ4n) is 1.34. The third-order valence-electron chi connectivity index (χ3n) is 1.99. The Labute approximate surface area is 77.8 Å². The summed E-state index contributed by atoms with van der Waals surface area (Å²) < 4.78 is 15.8. The molecule has 1 aromatic rings. The van der Waals surface area contributed by atoms with E-state index in [-0.39, 0.29) is 7.12 Å². The smallest absolute Gasteiger partial charge is 0.494 e. The minimum absolute atomic E-state index is 0.213. The molecule has 0 aromatic heterocycles. The van der Waals surface area contributed by atoms with E-state index in [9.17, 15) is 0 Å². The largest absolute Gasteiger partial charge is 0.497 e. The van der Waals surface area contributed by atoms with Gasteiger partial charge in [-0.1, -0.05) is 12.1 Å². The molecule has 2 rings (SSSR count). The lowest BCUT2D eigenvalue weighted by atomic mass is 9.79. The molecule has 1 heterocycles. The Hall–Kier alpha value is -0.995. The van der Waals surface area contributed by atoms with E-state index < -0.39 is 0 Å². The van der Waals surface area contributed by atoms with Crippen LogP contribution in [-0.2, 0) is 9.31 Å². The van der Waals surface area contributed by atoms with Gasteiger partial charge in [-0.3, -0.25) is 0 Å². The molecule has 0 unspecified atom stereocenters. The van der Waals surface area contributed by atoms with Crippen LogP contribution >= 0.6 is 0 Å². The molecule has 3 nitrogen and oxygen atoms in total. The van der Waals surface area contributed by atoms with Gasteiger partial charge in [0.2, 0.25) is 0 Å². The van der Waals surface area contributed by atoms with Crippen LogP contribution in [0.1, 0.15) is 0 Å². The van der Waals surface area contributed by atoms with Crippen LogP contribution in [0.2, 0.25) is 0 Å². The highest BCUT2D eigenvalue weighted by molar-refractivity contribution is 6.61. The maximum Gasteiger partial charge on any atom is 0.494 e. The van der Waals surface area contributed by atoms with E-state index in [1.807, 2.05) is 24.3 Å². The van der Waals surface area contributed by atoms with Crippen LogP contribution in [0.25, 0.3) is 0 Å². The molecule has 0 amide bonds. The summed E-state index contributed by atoms with van der Waals surface area (Å²) in [6.45, 7) is 1.34. The molecule has 1 saturated heterocycles. The summed E-state index contributed by atoms with van der Waals surface area (Å²) in [6.07, 6.45) is 0. The van der Waals surface area contributed by atoms with Crippen molar-refractivity contribution in [2.75, 3.05) is 20.3 Å². The Morgan fingerprint density at radius 3 is 2.77 bits per heavy atom. The van der Waals surface area contributed by atoms with Crippen LogP contribution in [0, 0.1) is 0 Å². The Kier molecular flexibility index (Phi) is 2.52. The molecule has 0 saturated carbocycles. The maximum absolute atomic E-state index is 5.36. The van der Waals surface area contributed by atoms with E-state index in [1.54, 1.807) is 7.11 Å². The van der Waals surface area contributed by atoms with Gasteiger partial charge in [0.15, 0.2) is 0 Å². The number of hydrogen-bond donors (Lipinski definition) is 0. The second kappa shape index (κ2) is 3.81. The number of benzene rings is 1. The molecule has 0 aliphatic carbocycles. The lowest BCUT2D eigenvalue weighted by Gasteiger charge is -2.05. The first kappa shape index (κ1) is 8.60. The monoisotopic (exact) mass is 178 g/mol. The number of hydrogen-bond acceptors (Lipinski definition) is 3. The van der Waals surface area contributed by atoms with Crippen molar-refractivity contribution in [2.24, 2.45) is 0 Å². The summed E-state index contributed by atoms with van der Waals surface area (Å²) in [5.41, 5.74) is 1.01. The SMILES string of the molecule is COc1cccc(B2OCCO2)c1. The van der Waals surface area contributed by atoms with Gasteiger partial charge in [0.05, 0.1) is 20.3 Å². The quantitative estimate of drug-likeness (QED) is 0.615. The molecule has 4 heteroatoms. The molecule has 0 atom stereocenters. The van der Waals surface area contributed by atoms with Crippen LogP contribution in [0.15, 0.2) is 24.3 Å². The molecule has 1 aliphatic rings. The molecule has 1 fully saturated rings. The van der Waals surface area contributed by atoms with Crippen molar-refractivity contribution in [3.8, 4) is 5.75 Å². The van der Waals surface area contributed by atoms with E-state index in [0.29, 0.717) is 13.2 Å². The van der Waals surface area contributed by atoms with E-state index in [0.717, 1.165) is 11.2 Å². The maximum atomic E-state index is 5.36. The number of methoxy groups -OCH3 is 1.